The van der Waals surface area contributed by atoms with Gasteiger partial charge >= 0.3 is 11.8 Å². The topological polar surface area (TPSA) is 88.0 Å². The molecule has 1 aromatic heterocycles. The van der Waals surface area contributed by atoms with Gasteiger partial charge in [0.1, 0.15) is 17.5 Å². The molecule has 4 N–H and O–H groups in total. The van der Waals surface area contributed by atoms with Crippen molar-refractivity contribution in [2.24, 2.45) is 11.7 Å². The molecule has 0 aliphatic heterocycles. The van der Waals surface area contributed by atoms with Crippen LogP contribution in [0.25, 0.3) is 22.2 Å². The third-order valence-electron chi connectivity index (χ3n) is 5.42. The Balaban J connectivity index is 1.66. The van der Waals surface area contributed by atoms with Gasteiger partial charge < -0.3 is 16.0 Å². The molecule has 2 amide bonds. The van der Waals surface area contributed by atoms with Gasteiger partial charge in [0.05, 0.1) is 11.2 Å². The third kappa shape index (κ3) is 3.57. The first-order chi connectivity index (χ1) is 13.8. The van der Waals surface area contributed by atoms with Crippen LogP contribution in [-0.4, -0.2) is 23.3 Å². The van der Waals surface area contributed by atoms with E-state index in [2.05, 4.69) is 10.3 Å². The standard InChI is InChI=1S/C21H18F3N3O2/c22-13-3-1-11(2-4-13)18-17(15-7-14(23)8-16(24)19(15)27-18)12-5-10(6-12)9-26-21(29)20(25)28/h1-4,7-8,10,12,27H,5-6,9H2,(H2,25,28)(H,26,29)/t10-,12-. The Hall–Kier alpha value is -3.29. The Morgan fingerprint density at radius 1 is 1.07 bits per heavy atom. The van der Waals surface area contributed by atoms with E-state index in [1.54, 1.807) is 12.1 Å². The lowest BCUT2D eigenvalue weighted by molar-refractivity contribution is -0.137. The fourth-order valence-electron chi connectivity index (χ4n) is 3.97. The first-order valence-electron chi connectivity index (χ1n) is 9.17. The molecule has 0 bridgehead atoms. The maximum atomic E-state index is 14.3. The van der Waals surface area contributed by atoms with Crippen molar-refractivity contribution in [2.75, 3.05) is 6.54 Å². The number of carbonyl (C=O) groups is 2. The van der Waals surface area contributed by atoms with Crippen molar-refractivity contribution in [2.45, 2.75) is 18.8 Å². The van der Waals surface area contributed by atoms with Crippen molar-refractivity contribution >= 4 is 22.7 Å². The zero-order valence-electron chi connectivity index (χ0n) is 15.3. The number of aromatic nitrogens is 1. The molecule has 3 aromatic rings. The second-order valence-corrected chi connectivity index (χ2v) is 7.34. The second kappa shape index (κ2) is 7.27. The van der Waals surface area contributed by atoms with Crippen molar-refractivity contribution in [3.63, 3.8) is 0 Å². The van der Waals surface area contributed by atoms with Crippen LogP contribution in [0.15, 0.2) is 36.4 Å². The Labute approximate surface area is 164 Å². The Morgan fingerprint density at radius 3 is 2.41 bits per heavy atom. The van der Waals surface area contributed by atoms with Gasteiger partial charge in [-0.25, -0.2) is 13.2 Å². The molecule has 8 heteroatoms. The highest BCUT2D eigenvalue weighted by atomic mass is 19.1. The van der Waals surface area contributed by atoms with Gasteiger partial charge in [0.2, 0.25) is 0 Å². The number of hydrogen-bond acceptors (Lipinski definition) is 2. The summed E-state index contributed by atoms with van der Waals surface area (Å²) in [7, 11) is 0. The minimum atomic E-state index is -1.04. The molecule has 1 aliphatic rings. The lowest BCUT2D eigenvalue weighted by Gasteiger charge is -2.36. The van der Waals surface area contributed by atoms with E-state index in [0.717, 1.165) is 11.6 Å². The number of H-pyrrole nitrogens is 1. The van der Waals surface area contributed by atoms with Crippen LogP contribution in [0.4, 0.5) is 13.2 Å². The highest BCUT2D eigenvalue weighted by Crippen LogP contribution is 2.48. The Kier molecular flexibility index (Phi) is 4.77. The molecule has 29 heavy (non-hydrogen) atoms. The molecule has 0 radical (unpaired) electrons. The quantitative estimate of drug-likeness (QED) is 0.586. The summed E-state index contributed by atoms with van der Waals surface area (Å²) in [6, 6.07) is 7.90. The number of aromatic amines is 1. The summed E-state index contributed by atoms with van der Waals surface area (Å²) in [4.78, 5) is 25.2. The lowest BCUT2D eigenvalue weighted by atomic mass is 9.70. The van der Waals surface area contributed by atoms with Gasteiger partial charge in [0.25, 0.3) is 0 Å². The molecular formula is C21H18F3N3O2. The Morgan fingerprint density at radius 2 is 1.76 bits per heavy atom. The van der Waals surface area contributed by atoms with Gasteiger partial charge in [-0.05, 0) is 66.1 Å². The van der Waals surface area contributed by atoms with Gasteiger partial charge in [-0.15, -0.1) is 0 Å². The normalized spacial score (nSPS) is 18.4. The summed E-state index contributed by atoms with van der Waals surface area (Å²) >= 11 is 0. The number of primary amides is 1. The summed E-state index contributed by atoms with van der Waals surface area (Å²) in [5, 5.41) is 2.93. The van der Waals surface area contributed by atoms with E-state index in [-0.39, 0.29) is 17.4 Å². The molecule has 0 atom stereocenters. The molecular weight excluding hydrogens is 383 g/mol. The van der Waals surface area contributed by atoms with E-state index < -0.39 is 29.3 Å². The minimum absolute atomic E-state index is 0.000447. The number of rotatable bonds is 4. The molecule has 1 fully saturated rings. The SMILES string of the molecule is NC(=O)C(=O)NC[C@H]1C[C@H](c2c(-c3ccc(F)cc3)[nH]c3c(F)cc(F)cc32)C1. The third-order valence-corrected chi connectivity index (χ3v) is 5.42. The fourth-order valence-corrected chi connectivity index (χ4v) is 3.97. The largest absolute Gasteiger partial charge is 0.361 e. The summed E-state index contributed by atoms with van der Waals surface area (Å²) < 4.78 is 41.6. The predicted octanol–water partition coefficient (Wildman–Crippen LogP) is 3.35. The smallest absolute Gasteiger partial charge is 0.309 e. The average molecular weight is 401 g/mol. The van der Waals surface area contributed by atoms with Crippen molar-refractivity contribution in [3.8, 4) is 11.3 Å². The summed E-state index contributed by atoms with van der Waals surface area (Å²) in [6.07, 6.45) is 1.33. The van der Waals surface area contributed by atoms with Crippen LogP contribution in [0.3, 0.4) is 0 Å². The average Bonchev–Trinajstić information content (AvgIpc) is 3.00. The van der Waals surface area contributed by atoms with Crippen LogP contribution in [0.2, 0.25) is 0 Å². The highest BCUT2D eigenvalue weighted by Gasteiger charge is 2.35. The highest BCUT2D eigenvalue weighted by molar-refractivity contribution is 6.34. The number of nitrogens with one attached hydrogen (secondary N) is 2. The van der Waals surface area contributed by atoms with Crippen LogP contribution in [-0.2, 0) is 9.59 Å². The van der Waals surface area contributed by atoms with Crippen molar-refractivity contribution in [1.29, 1.82) is 0 Å². The maximum absolute atomic E-state index is 14.3. The van der Waals surface area contributed by atoms with Crippen molar-refractivity contribution in [3.05, 3.63) is 59.4 Å². The van der Waals surface area contributed by atoms with E-state index in [0.29, 0.717) is 36.0 Å². The number of halogens is 3. The van der Waals surface area contributed by atoms with Crippen molar-refractivity contribution in [1.82, 2.24) is 10.3 Å². The molecule has 1 heterocycles. The summed E-state index contributed by atoms with van der Waals surface area (Å²) in [6.45, 7) is 0.301. The summed E-state index contributed by atoms with van der Waals surface area (Å²) in [5.41, 5.74) is 7.17. The van der Waals surface area contributed by atoms with Gasteiger partial charge in [0.15, 0.2) is 0 Å². The molecule has 2 aromatic carbocycles. The number of nitrogens with two attached hydrogens (primary N) is 1. The second-order valence-electron chi connectivity index (χ2n) is 7.34. The van der Waals surface area contributed by atoms with Crippen LogP contribution >= 0.6 is 0 Å². The number of hydrogen-bond donors (Lipinski definition) is 3. The molecule has 0 unspecified atom stereocenters. The number of benzene rings is 2. The zero-order chi connectivity index (χ0) is 20.7. The van der Waals surface area contributed by atoms with Gasteiger partial charge in [-0.2, -0.15) is 0 Å². The monoisotopic (exact) mass is 401 g/mol. The molecule has 0 spiro atoms. The molecule has 5 nitrogen and oxygen atoms in total. The zero-order valence-corrected chi connectivity index (χ0v) is 15.3. The number of carbonyl (C=O) groups excluding carboxylic acids is 2. The Bertz CT molecular complexity index is 1100. The van der Waals surface area contributed by atoms with Crippen molar-refractivity contribution < 1.29 is 22.8 Å². The van der Waals surface area contributed by atoms with E-state index in [1.807, 2.05) is 0 Å². The molecule has 150 valence electrons. The first-order valence-corrected chi connectivity index (χ1v) is 9.17. The maximum Gasteiger partial charge on any atom is 0.309 e. The fraction of sp³-hybridized carbons (Fsp3) is 0.238. The van der Waals surface area contributed by atoms with E-state index in [9.17, 15) is 22.8 Å². The predicted molar refractivity (Wildman–Crippen MR) is 101 cm³/mol. The van der Waals surface area contributed by atoms with E-state index >= 15 is 0 Å². The van der Waals surface area contributed by atoms with Gasteiger partial charge in [0, 0.05) is 18.0 Å². The number of fused-ring (bicyclic) bond motifs is 1. The van der Waals surface area contributed by atoms with Crippen LogP contribution < -0.4 is 11.1 Å². The van der Waals surface area contributed by atoms with Gasteiger partial charge in [-0.3, -0.25) is 9.59 Å². The minimum Gasteiger partial charge on any atom is -0.361 e. The lowest BCUT2D eigenvalue weighted by Crippen LogP contribution is -2.41. The van der Waals surface area contributed by atoms with Crippen LogP contribution in [0, 0.1) is 23.4 Å². The van der Waals surface area contributed by atoms with E-state index in [4.69, 9.17) is 5.73 Å². The molecule has 1 aliphatic carbocycles. The summed E-state index contributed by atoms with van der Waals surface area (Å²) in [5.74, 6) is -3.52. The number of amides is 2. The molecule has 0 saturated heterocycles. The molecule has 1 saturated carbocycles. The van der Waals surface area contributed by atoms with E-state index in [1.165, 1.54) is 18.2 Å². The molecule has 4 rings (SSSR count). The van der Waals surface area contributed by atoms with Gasteiger partial charge in [-0.1, -0.05) is 0 Å². The first kappa shape index (κ1) is 19.0. The van der Waals surface area contributed by atoms with Crippen LogP contribution in [0.5, 0.6) is 0 Å². The van der Waals surface area contributed by atoms with Crippen LogP contribution in [0.1, 0.15) is 24.3 Å².